The van der Waals surface area contributed by atoms with Crippen LogP contribution in [-0.4, -0.2) is 43.0 Å². The number of methoxy groups -OCH3 is 1. The van der Waals surface area contributed by atoms with Crippen molar-refractivity contribution in [2.45, 2.75) is 26.7 Å². The first kappa shape index (κ1) is 22.2. The standard InChI is InChI=1S/C24H31N5O2/c1-5-31-22-14-13-20(16-23(22)30-4)27-24(25-3)26-15-9-10-19-17-29(28-18(19)2)21-11-7-6-8-12-21/h6-8,11-14,16-17H,5,9-10,15H2,1-4H3,(H2,25,26,27). The molecule has 3 rings (SSSR count). The summed E-state index contributed by atoms with van der Waals surface area (Å²) in [5.74, 6) is 2.13. The van der Waals surface area contributed by atoms with Gasteiger partial charge in [0, 0.05) is 31.5 Å². The number of anilines is 1. The predicted molar refractivity (Wildman–Crippen MR) is 126 cm³/mol. The maximum atomic E-state index is 5.57. The Hall–Kier alpha value is -3.48. The van der Waals surface area contributed by atoms with Gasteiger partial charge in [-0.3, -0.25) is 4.99 Å². The van der Waals surface area contributed by atoms with Crippen molar-refractivity contribution in [3.05, 3.63) is 66.0 Å². The summed E-state index contributed by atoms with van der Waals surface area (Å²) < 4.78 is 12.9. The maximum absolute atomic E-state index is 5.57. The Kier molecular flexibility index (Phi) is 7.92. The minimum atomic E-state index is 0.593. The van der Waals surface area contributed by atoms with Gasteiger partial charge >= 0.3 is 0 Å². The number of hydrogen-bond acceptors (Lipinski definition) is 4. The Labute approximate surface area is 184 Å². The Balaban J connectivity index is 1.51. The molecule has 0 bridgehead atoms. The molecule has 0 spiro atoms. The van der Waals surface area contributed by atoms with Crippen molar-refractivity contribution in [2.75, 3.05) is 32.6 Å². The molecule has 0 fully saturated rings. The quantitative estimate of drug-likeness (QED) is 0.308. The minimum absolute atomic E-state index is 0.593. The molecule has 0 aliphatic heterocycles. The lowest BCUT2D eigenvalue weighted by molar-refractivity contribution is 0.311. The number of hydrogen-bond donors (Lipinski definition) is 2. The zero-order valence-electron chi connectivity index (χ0n) is 18.7. The largest absolute Gasteiger partial charge is 0.493 e. The number of aliphatic imine (C=N–C) groups is 1. The minimum Gasteiger partial charge on any atom is -0.493 e. The molecule has 0 saturated heterocycles. The Morgan fingerprint density at radius 2 is 1.94 bits per heavy atom. The normalized spacial score (nSPS) is 11.3. The van der Waals surface area contributed by atoms with E-state index in [4.69, 9.17) is 9.47 Å². The number of para-hydroxylation sites is 1. The van der Waals surface area contributed by atoms with Crippen molar-refractivity contribution in [1.29, 1.82) is 0 Å². The van der Waals surface area contributed by atoms with Gasteiger partial charge in [-0.1, -0.05) is 18.2 Å². The molecule has 0 aliphatic rings. The first-order valence-corrected chi connectivity index (χ1v) is 10.5. The molecule has 0 aliphatic carbocycles. The highest BCUT2D eigenvalue weighted by molar-refractivity contribution is 5.93. The molecule has 2 aromatic carbocycles. The molecular weight excluding hydrogens is 390 g/mol. The molecule has 0 radical (unpaired) electrons. The van der Waals surface area contributed by atoms with Crippen LogP contribution in [0.2, 0.25) is 0 Å². The lowest BCUT2D eigenvalue weighted by atomic mass is 10.1. The van der Waals surface area contributed by atoms with Gasteiger partial charge in [0.2, 0.25) is 0 Å². The molecule has 0 amide bonds. The van der Waals surface area contributed by atoms with Crippen LogP contribution in [0.5, 0.6) is 11.5 Å². The number of aryl methyl sites for hydroxylation is 2. The van der Waals surface area contributed by atoms with Gasteiger partial charge in [0.15, 0.2) is 17.5 Å². The molecule has 1 heterocycles. The van der Waals surface area contributed by atoms with Crippen LogP contribution in [-0.2, 0) is 6.42 Å². The van der Waals surface area contributed by atoms with Gasteiger partial charge in [-0.25, -0.2) is 4.68 Å². The molecule has 31 heavy (non-hydrogen) atoms. The third kappa shape index (κ3) is 6.01. The maximum Gasteiger partial charge on any atom is 0.195 e. The average molecular weight is 422 g/mol. The summed E-state index contributed by atoms with van der Waals surface area (Å²) in [5.41, 5.74) is 4.27. The summed E-state index contributed by atoms with van der Waals surface area (Å²) in [5, 5.41) is 11.3. The molecule has 3 aromatic rings. The fourth-order valence-corrected chi connectivity index (χ4v) is 3.28. The average Bonchev–Trinajstić information content (AvgIpc) is 3.18. The van der Waals surface area contributed by atoms with Gasteiger partial charge in [0.1, 0.15) is 0 Å². The molecule has 0 saturated carbocycles. The topological polar surface area (TPSA) is 72.7 Å². The summed E-state index contributed by atoms with van der Waals surface area (Å²) >= 11 is 0. The zero-order valence-corrected chi connectivity index (χ0v) is 18.7. The second kappa shape index (κ2) is 11.1. The van der Waals surface area contributed by atoms with Crippen molar-refractivity contribution in [3.8, 4) is 17.2 Å². The predicted octanol–water partition coefficient (Wildman–Crippen LogP) is 4.21. The van der Waals surface area contributed by atoms with Crippen LogP contribution in [0.15, 0.2) is 59.7 Å². The molecule has 7 nitrogen and oxygen atoms in total. The fraction of sp³-hybridized carbons (Fsp3) is 0.333. The number of guanidine groups is 1. The van der Waals surface area contributed by atoms with Crippen LogP contribution < -0.4 is 20.1 Å². The highest BCUT2D eigenvalue weighted by atomic mass is 16.5. The second-order valence-corrected chi connectivity index (χ2v) is 7.05. The van der Waals surface area contributed by atoms with Crippen LogP contribution in [0.3, 0.4) is 0 Å². The number of rotatable bonds is 9. The second-order valence-electron chi connectivity index (χ2n) is 7.05. The van der Waals surface area contributed by atoms with E-state index in [1.165, 1.54) is 5.56 Å². The first-order valence-electron chi connectivity index (χ1n) is 10.5. The summed E-state index contributed by atoms with van der Waals surface area (Å²) in [6.07, 6.45) is 4.03. The lowest BCUT2D eigenvalue weighted by Gasteiger charge is -2.14. The molecular formula is C24H31N5O2. The van der Waals surface area contributed by atoms with Crippen molar-refractivity contribution >= 4 is 11.6 Å². The third-order valence-corrected chi connectivity index (χ3v) is 4.89. The van der Waals surface area contributed by atoms with E-state index in [9.17, 15) is 0 Å². The lowest BCUT2D eigenvalue weighted by Crippen LogP contribution is -2.31. The van der Waals surface area contributed by atoms with Crippen molar-refractivity contribution in [3.63, 3.8) is 0 Å². The smallest absolute Gasteiger partial charge is 0.195 e. The summed E-state index contributed by atoms with van der Waals surface area (Å²) in [7, 11) is 3.39. The highest BCUT2D eigenvalue weighted by Gasteiger charge is 2.08. The van der Waals surface area contributed by atoms with E-state index in [0.717, 1.165) is 42.2 Å². The van der Waals surface area contributed by atoms with Gasteiger partial charge in [0.05, 0.1) is 25.1 Å². The Morgan fingerprint density at radius 3 is 2.65 bits per heavy atom. The van der Waals surface area contributed by atoms with Crippen LogP contribution in [0.25, 0.3) is 5.69 Å². The summed E-state index contributed by atoms with van der Waals surface area (Å²) in [6, 6.07) is 15.9. The number of aromatic nitrogens is 2. The molecule has 1 aromatic heterocycles. The monoisotopic (exact) mass is 421 g/mol. The van der Waals surface area contributed by atoms with Crippen LogP contribution in [0.4, 0.5) is 5.69 Å². The van der Waals surface area contributed by atoms with Gasteiger partial charge in [0.25, 0.3) is 0 Å². The van der Waals surface area contributed by atoms with E-state index in [-0.39, 0.29) is 0 Å². The van der Waals surface area contributed by atoms with Gasteiger partial charge in [-0.2, -0.15) is 5.10 Å². The summed E-state index contributed by atoms with van der Waals surface area (Å²) in [4.78, 5) is 4.31. The molecule has 7 heteroatoms. The zero-order chi connectivity index (χ0) is 22.1. The SMILES string of the molecule is CCOc1ccc(NC(=NC)NCCCc2cn(-c3ccccc3)nc2C)cc1OC. The van der Waals surface area contributed by atoms with Gasteiger partial charge in [-0.05, 0) is 56.5 Å². The van der Waals surface area contributed by atoms with E-state index in [1.54, 1.807) is 14.2 Å². The van der Waals surface area contributed by atoms with Crippen molar-refractivity contribution < 1.29 is 9.47 Å². The third-order valence-electron chi connectivity index (χ3n) is 4.89. The van der Waals surface area contributed by atoms with E-state index in [0.29, 0.717) is 18.3 Å². The first-order chi connectivity index (χ1) is 15.1. The number of ether oxygens (including phenoxy) is 2. The van der Waals surface area contributed by atoms with Crippen LogP contribution in [0, 0.1) is 6.92 Å². The highest BCUT2D eigenvalue weighted by Crippen LogP contribution is 2.30. The van der Waals surface area contributed by atoms with E-state index >= 15 is 0 Å². The fourth-order valence-electron chi connectivity index (χ4n) is 3.28. The molecule has 2 N–H and O–H groups in total. The van der Waals surface area contributed by atoms with Crippen molar-refractivity contribution in [2.24, 2.45) is 4.99 Å². The molecule has 0 unspecified atom stereocenters. The van der Waals surface area contributed by atoms with Gasteiger partial charge in [-0.15, -0.1) is 0 Å². The van der Waals surface area contributed by atoms with E-state index in [2.05, 4.69) is 46.0 Å². The van der Waals surface area contributed by atoms with Gasteiger partial charge < -0.3 is 20.1 Å². The Morgan fingerprint density at radius 1 is 1.13 bits per heavy atom. The van der Waals surface area contributed by atoms with Crippen LogP contribution >= 0.6 is 0 Å². The number of nitrogens with one attached hydrogen (secondary N) is 2. The number of benzene rings is 2. The molecule has 164 valence electrons. The van der Waals surface area contributed by atoms with Crippen LogP contribution in [0.1, 0.15) is 24.6 Å². The summed E-state index contributed by atoms with van der Waals surface area (Å²) in [6.45, 7) is 5.40. The van der Waals surface area contributed by atoms with E-state index < -0.39 is 0 Å². The van der Waals surface area contributed by atoms with E-state index in [1.807, 2.05) is 48.0 Å². The Bertz CT molecular complexity index is 998. The molecule has 0 atom stereocenters. The number of nitrogens with zero attached hydrogens (tertiary/aromatic N) is 3. The van der Waals surface area contributed by atoms with Crippen molar-refractivity contribution in [1.82, 2.24) is 15.1 Å².